The van der Waals surface area contributed by atoms with Crippen molar-refractivity contribution >= 4 is 70.1 Å². The van der Waals surface area contributed by atoms with Crippen molar-refractivity contribution in [2.24, 2.45) is 0 Å². The van der Waals surface area contributed by atoms with E-state index >= 15 is 0 Å². The maximum Gasteiger partial charge on any atom is 0.335 e. The summed E-state index contributed by atoms with van der Waals surface area (Å²) in [6.07, 6.45) is 1.20. The molecule has 1 saturated heterocycles. The Morgan fingerprint density at radius 2 is 1.67 bits per heavy atom. The number of hydrogen-bond donors (Lipinski definition) is 1. The van der Waals surface area contributed by atoms with Crippen molar-refractivity contribution in [3.63, 3.8) is 0 Å². The van der Waals surface area contributed by atoms with Crippen LogP contribution < -0.4 is 15.0 Å². The summed E-state index contributed by atoms with van der Waals surface area (Å²) >= 11 is 18.7. The van der Waals surface area contributed by atoms with Crippen molar-refractivity contribution < 1.29 is 24.0 Å². The number of halogens is 3. The van der Waals surface area contributed by atoms with Gasteiger partial charge in [-0.2, -0.15) is 0 Å². The van der Waals surface area contributed by atoms with Crippen molar-refractivity contribution in [2.75, 3.05) is 4.90 Å². The van der Waals surface area contributed by atoms with E-state index in [1.54, 1.807) is 24.3 Å². The van der Waals surface area contributed by atoms with Gasteiger partial charge in [0.15, 0.2) is 0 Å². The van der Waals surface area contributed by atoms with Gasteiger partial charge in [-0.15, -0.1) is 0 Å². The standard InChI is InChI=1S/C24H14Cl3N3O6/c25-15-9-14(21(20(27)11-15)36-12-13-3-1-2-4-19(13)26)10-18-22(31)28-24(33)29(23(18)32)16-5-7-17(8-6-16)30(34)35/h1-11H,12H2,(H,28,31,33)/b18-10+. The first-order valence-corrected chi connectivity index (χ1v) is 11.3. The number of anilines is 1. The summed E-state index contributed by atoms with van der Waals surface area (Å²) < 4.78 is 5.86. The van der Waals surface area contributed by atoms with Gasteiger partial charge < -0.3 is 4.74 Å². The molecule has 0 aliphatic carbocycles. The Bertz CT molecular complexity index is 1440. The first-order valence-electron chi connectivity index (χ1n) is 10.2. The topological polar surface area (TPSA) is 119 Å². The maximum atomic E-state index is 13.2. The SMILES string of the molecule is O=C1NC(=O)N(c2ccc([N+](=O)[O-])cc2)C(=O)/C1=C/c1cc(Cl)cc(Cl)c1OCc1ccccc1Cl. The zero-order valence-electron chi connectivity index (χ0n) is 18.0. The van der Waals surface area contributed by atoms with Gasteiger partial charge in [-0.25, -0.2) is 9.69 Å². The molecular weight excluding hydrogens is 533 g/mol. The van der Waals surface area contributed by atoms with Gasteiger partial charge in [0.1, 0.15) is 17.9 Å². The lowest BCUT2D eigenvalue weighted by molar-refractivity contribution is -0.384. The third kappa shape index (κ3) is 5.18. The molecule has 1 N–H and O–H groups in total. The quantitative estimate of drug-likeness (QED) is 0.181. The van der Waals surface area contributed by atoms with Crippen molar-refractivity contribution in [3.05, 3.63) is 103 Å². The van der Waals surface area contributed by atoms with E-state index in [0.717, 1.165) is 12.1 Å². The Hall–Kier alpha value is -3.92. The predicted molar refractivity (Wildman–Crippen MR) is 134 cm³/mol. The molecule has 3 aromatic carbocycles. The van der Waals surface area contributed by atoms with Gasteiger partial charge in [0.25, 0.3) is 17.5 Å². The van der Waals surface area contributed by atoms with E-state index in [4.69, 9.17) is 39.5 Å². The van der Waals surface area contributed by atoms with Gasteiger partial charge in [-0.1, -0.05) is 53.0 Å². The molecule has 4 amide bonds. The van der Waals surface area contributed by atoms with Crippen LogP contribution in [-0.4, -0.2) is 22.8 Å². The summed E-state index contributed by atoms with van der Waals surface area (Å²) in [6, 6.07) is 13.6. The van der Waals surface area contributed by atoms with Crippen LogP contribution in [0.4, 0.5) is 16.2 Å². The van der Waals surface area contributed by atoms with E-state index in [1.807, 2.05) is 0 Å². The maximum absolute atomic E-state index is 13.2. The van der Waals surface area contributed by atoms with Crippen molar-refractivity contribution in [1.29, 1.82) is 0 Å². The Balaban J connectivity index is 1.71. The van der Waals surface area contributed by atoms with Crippen LogP contribution >= 0.6 is 34.8 Å². The number of imide groups is 2. The van der Waals surface area contributed by atoms with Gasteiger partial charge in [-0.3, -0.25) is 25.0 Å². The second-order valence-electron chi connectivity index (χ2n) is 7.42. The number of benzene rings is 3. The molecule has 0 radical (unpaired) electrons. The minimum atomic E-state index is -1.00. The van der Waals surface area contributed by atoms with E-state index in [-0.39, 0.29) is 39.3 Å². The number of nitrogens with zero attached hydrogens (tertiary/aromatic N) is 2. The number of carbonyl (C=O) groups excluding carboxylic acids is 3. The number of rotatable bonds is 6. The lowest BCUT2D eigenvalue weighted by Gasteiger charge is -2.26. The van der Waals surface area contributed by atoms with Crippen LogP contribution in [0.5, 0.6) is 5.75 Å². The second kappa shape index (κ2) is 10.4. The van der Waals surface area contributed by atoms with Crippen LogP contribution in [0.3, 0.4) is 0 Å². The highest BCUT2D eigenvalue weighted by Gasteiger charge is 2.37. The summed E-state index contributed by atoms with van der Waals surface area (Å²) in [6.45, 7) is 0.0325. The summed E-state index contributed by atoms with van der Waals surface area (Å²) in [5, 5.41) is 13.8. The van der Waals surface area contributed by atoms with E-state index in [2.05, 4.69) is 5.32 Å². The zero-order valence-corrected chi connectivity index (χ0v) is 20.3. The van der Waals surface area contributed by atoms with E-state index in [1.165, 1.54) is 30.3 Å². The van der Waals surface area contributed by atoms with E-state index < -0.39 is 28.3 Å². The largest absolute Gasteiger partial charge is 0.487 e. The highest BCUT2D eigenvalue weighted by molar-refractivity contribution is 6.40. The molecule has 0 atom stereocenters. The van der Waals surface area contributed by atoms with Gasteiger partial charge in [-0.05, 0) is 36.4 Å². The van der Waals surface area contributed by atoms with Crippen LogP contribution in [0, 0.1) is 10.1 Å². The minimum Gasteiger partial charge on any atom is -0.487 e. The van der Waals surface area contributed by atoms with Gasteiger partial charge >= 0.3 is 6.03 Å². The molecule has 0 bridgehead atoms. The van der Waals surface area contributed by atoms with Crippen LogP contribution in [0.25, 0.3) is 6.08 Å². The molecule has 1 fully saturated rings. The number of urea groups is 1. The highest BCUT2D eigenvalue weighted by Crippen LogP contribution is 2.36. The smallest absolute Gasteiger partial charge is 0.335 e. The molecule has 0 unspecified atom stereocenters. The molecule has 1 heterocycles. The molecular formula is C24H14Cl3N3O6. The molecule has 182 valence electrons. The van der Waals surface area contributed by atoms with Crippen LogP contribution in [0.1, 0.15) is 11.1 Å². The molecule has 0 spiro atoms. The fourth-order valence-electron chi connectivity index (χ4n) is 3.38. The number of hydrogen-bond acceptors (Lipinski definition) is 6. The molecule has 12 heteroatoms. The summed E-state index contributed by atoms with van der Waals surface area (Å²) in [5.41, 5.74) is 0.264. The fourth-order valence-corrected chi connectivity index (χ4v) is 4.13. The molecule has 1 aliphatic rings. The lowest BCUT2D eigenvalue weighted by atomic mass is 10.1. The number of ether oxygens (including phenoxy) is 1. The molecule has 0 aromatic heterocycles. The first kappa shape index (κ1) is 25.2. The van der Waals surface area contributed by atoms with Crippen LogP contribution in [-0.2, 0) is 16.2 Å². The van der Waals surface area contributed by atoms with Gasteiger partial charge in [0, 0.05) is 33.3 Å². The fraction of sp³-hybridized carbons (Fsp3) is 0.0417. The number of carbonyl (C=O) groups is 3. The van der Waals surface area contributed by atoms with Crippen molar-refractivity contribution in [3.8, 4) is 5.75 Å². The Morgan fingerprint density at radius 3 is 2.33 bits per heavy atom. The average molecular weight is 547 g/mol. The minimum absolute atomic E-state index is 0.0285. The van der Waals surface area contributed by atoms with Crippen LogP contribution in [0.2, 0.25) is 15.1 Å². The molecule has 1 aliphatic heterocycles. The number of non-ortho nitro benzene ring substituents is 1. The van der Waals surface area contributed by atoms with Crippen molar-refractivity contribution in [2.45, 2.75) is 6.61 Å². The van der Waals surface area contributed by atoms with E-state index in [9.17, 15) is 24.5 Å². The number of nitrogens with one attached hydrogen (secondary N) is 1. The Labute approximate surface area is 219 Å². The molecule has 9 nitrogen and oxygen atoms in total. The summed E-state index contributed by atoms with van der Waals surface area (Å²) in [7, 11) is 0. The van der Waals surface area contributed by atoms with Gasteiger partial charge in [0.05, 0.1) is 15.6 Å². The Morgan fingerprint density at radius 1 is 0.972 bits per heavy atom. The molecule has 36 heavy (non-hydrogen) atoms. The second-order valence-corrected chi connectivity index (χ2v) is 8.67. The average Bonchev–Trinajstić information content (AvgIpc) is 2.82. The number of amides is 4. The first-order chi connectivity index (χ1) is 17.2. The number of nitro groups is 1. The normalized spacial score (nSPS) is 14.7. The molecule has 3 aromatic rings. The molecule has 4 rings (SSSR count). The monoisotopic (exact) mass is 545 g/mol. The number of nitro benzene ring substituents is 1. The van der Waals surface area contributed by atoms with Crippen LogP contribution in [0.15, 0.2) is 66.2 Å². The highest BCUT2D eigenvalue weighted by atomic mass is 35.5. The van der Waals surface area contributed by atoms with Gasteiger partial charge in [0.2, 0.25) is 0 Å². The van der Waals surface area contributed by atoms with E-state index in [0.29, 0.717) is 15.5 Å². The Kier molecular flexibility index (Phi) is 7.25. The predicted octanol–water partition coefficient (Wildman–Crippen LogP) is 5.80. The third-order valence-corrected chi connectivity index (χ3v) is 5.95. The lowest BCUT2D eigenvalue weighted by Crippen LogP contribution is -2.54. The summed E-state index contributed by atoms with van der Waals surface area (Å²) in [5.74, 6) is -1.77. The third-order valence-electron chi connectivity index (χ3n) is 5.09. The summed E-state index contributed by atoms with van der Waals surface area (Å²) in [4.78, 5) is 49.2. The number of barbiturate groups is 1. The molecule has 0 saturated carbocycles. The van der Waals surface area contributed by atoms with Crippen molar-refractivity contribution in [1.82, 2.24) is 5.32 Å². The zero-order chi connectivity index (χ0) is 26.0.